The van der Waals surface area contributed by atoms with Crippen LogP contribution in [0, 0.1) is 11.3 Å². The van der Waals surface area contributed by atoms with Crippen LogP contribution in [-0.4, -0.2) is 34.6 Å². The molecule has 1 aliphatic carbocycles. The Bertz CT molecular complexity index is 273. The highest BCUT2D eigenvalue weighted by atomic mass is 16.4. The Morgan fingerprint density at radius 3 is 2.47 bits per heavy atom. The second-order valence-electron chi connectivity index (χ2n) is 6.61. The fraction of sp³-hybridized carbons (Fsp3) is 0.929. The maximum absolute atomic E-state index is 10.9. The highest BCUT2D eigenvalue weighted by molar-refractivity contribution is 5.69. The maximum Gasteiger partial charge on any atom is 0.317 e. The van der Waals surface area contributed by atoms with E-state index in [4.69, 9.17) is 5.11 Å². The molecule has 3 nitrogen and oxygen atoms in total. The third kappa shape index (κ3) is 3.98. The van der Waals surface area contributed by atoms with E-state index in [0.29, 0.717) is 23.4 Å². The third-order valence-corrected chi connectivity index (χ3v) is 4.06. The number of aliphatic carboxylic acids is 1. The lowest BCUT2D eigenvalue weighted by atomic mass is 9.70. The Kier molecular flexibility index (Phi) is 4.59. The van der Waals surface area contributed by atoms with Gasteiger partial charge in [-0.3, -0.25) is 9.69 Å². The van der Waals surface area contributed by atoms with E-state index in [1.807, 2.05) is 0 Å². The molecule has 0 aromatic carbocycles. The molecule has 0 heterocycles. The summed E-state index contributed by atoms with van der Waals surface area (Å²) < 4.78 is 0. The lowest BCUT2D eigenvalue weighted by Gasteiger charge is -2.45. The molecule has 17 heavy (non-hydrogen) atoms. The maximum atomic E-state index is 10.9. The summed E-state index contributed by atoms with van der Waals surface area (Å²) in [6.45, 7) is 11.3. The Hall–Kier alpha value is -0.570. The fourth-order valence-electron chi connectivity index (χ4n) is 3.26. The van der Waals surface area contributed by atoms with Gasteiger partial charge < -0.3 is 5.11 Å². The zero-order chi connectivity index (χ0) is 13.2. The minimum atomic E-state index is -0.712. The molecule has 0 spiro atoms. The summed E-state index contributed by atoms with van der Waals surface area (Å²) in [7, 11) is 0. The van der Waals surface area contributed by atoms with E-state index in [0.717, 1.165) is 6.42 Å². The first-order valence-electron chi connectivity index (χ1n) is 6.70. The monoisotopic (exact) mass is 241 g/mol. The van der Waals surface area contributed by atoms with Gasteiger partial charge in [-0.05, 0) is 44.4 Å². The first-order chi connectivity index (χ1) is 7.73. The molecule has 100 valence electrons. The third-order valence-electron chi connectivity index (χ3n) is 4.06. The first kappa shape index (κ1) is 14.5. The van der Waals surface area contributed by atoms with Crippen LogP contribution in [0.15, 0.2) is 0 Å². The fourth-order valence-corrected chi connectivity index (χ4v) is 3.26. The zero-order valence-corrected chi connectivity index (χ0v) is 11.9. The lowest BCUT2D eigenvalue weighted by Crippen LogP contribution is -2.49. The van der Waals surface area contributed by atoms with Crippen molar-refractivity contribution < 1.29 is 9.90 Å². The normalized spacial score (nSPS) is 28.6. The number of hydrogen-bond acceptors (Lipinski definition) is 2. The Morgan fingerprint density at radius 1 is 1.47 bits per heavy atom. The van der Waals surface area contributed by atoms with Crippen LogP contribution in [0.5, 0.6) is 0 Å². The highest BCUT2D eigenvalue weighted by Gasteiger charge is 2.36. The van der Waals surface area contributed by atoms with Crippen molar-refractivity contribution in [3.63, 3.8) is 0 Å². The molecule has 2 unspecified atom stereocenters. The van der Waals surface area contributed by atoms with E-state index in [1.165, 1.54) is 12.8 Å². The average molecular weight is 241 g/mol. The molecule has 2 atom stereocenters. The number of rotatable bonds is 4. The predicted octanol–water partition coefficient (Wildman–Crippen LogP) is 3.00. The van der Waals surface area contributed by atoms with Gasteiger partial charge in [0.05, 0.1) is 6.54 Å². The standard InChI is InChI=1S/C14H27NO2/c1-10(2)15(9-13(16)17)12-6-7-14(4,5)8-11(12)3/h10-12H,6-9H2,1-5H3,(H,16,17). The molecule has 1 aliphatic rings. The Labute approximate surface area is 105 Å². The van der Waals surface area contributed by atoms with Gasteiger partial charge in [-0.25, -0.2) is 0 Å². The van der Waals surface area contributed by atoms with Crippen LogP contribution < -0.4 is 0 Å². The highest BCUT2D eigenvalue weighted by Crippen LogP contribution is 2.40. The number of carbonyl (C=O) groups is 1. The van der Waals surface area contributed by atoms with Crippen molar-refractivity contribution in [3.8, 4) is 0 Å². The molecule has 3 heteroatoms. The van der Waals surface area contributed by atoms with E-state index < -0.39 is 5.97 Å². The molecule has 1 fully saturated rings. The van der Waals surface area contributed by atoms with Crippen molar-refractivity contribution in [1.29, 1.82) is 0 Å². The number of carboxylic acids is 1. The van der Waals surface area contributed by atoms with E-state index in [1.54, 1.807) is 0 Å². The van der Waals surface area contributed by atoms with Gasteiger partial charge in [0.25, 0.3) is 0 Å². The Morgan fingerprint density at radius 2 is 2.06 bits per heavy atom. The van der Waals surface area contributed by atoms with Crippen LogP contribution in [0.3, 0.4) is 0 Å². The van der Waals surface area contributed by atoms with Crippen molar-refractivity contribution in [2.45, 2.75) is 66.0 Å². The minimum absolute atomic E-state index is 0.174. The average Bonchev–Trinajstić information content (AvgIpc) is 2.13. The Balaban J connectivity index is 2.72. The largest absolute Gasteiger partial charge is 0.480 e. The summed E-state index contributed by atoms with van der Waals surface area (Å²) in [5.41, 5.74) is 0.418. The van der Waals surface area contributed by atoms with Gasteiger partial charge in [-0.1, -0.05) is 20.8 Å². The quantitative estimate of drug-likeness (QED) is 0.822. The van der Waals surface area contributed by atoms with Crippen LogP contribution in [-0.2, 0) is 4.79 Å². The number of carboxylic acid groups (broad SMARTS) is 1. The SMILES string of the molecule is CC1CC(C)(C)CCC1N(CC(=O)O)C(C)C. The summed E-state index contributed by atoms with van der Waals surface area (Å²) in [6.07, 6.45) is 3.52. The summed E-state index contributed by atoms with van der Waals surface area (Å²) >= 11 is 0. The molecular weight excluding hydrogens is 214 g/mol. The summed E-state index contributed by atoms with van der Waals surface area (Å²) in [6, 6.07) is 0.735. The second-order valence-corrected chi connectivity index (χ2v) is 6.61. The minimum Gasteiger partial charge on any atom is -0.480 e. The van der Waals surface area contributed by atoms with Crippen molar-refractivity contribution in [2.75, 3.05) is 6.54 Å². The molecule has 0 aliphatic heterocycles. The van der Waals surface area contributed by atoms with E-state index >= 15 is 0 Å². The predicted molar refractivity (Wildman–Crippen MR) is 70.1 cm³/mol. The van der Waals surface area contributed by atoms with Gasteiger partial charge in [0.15, 0.2) is 0 Å². The molecule has 1 N–H and O–H groups in total. The van der Waals surface area contributed by atoms with Gasteiger partial charge in [0.1, 0.15) is 0 Å². The second kappa shape index (κ2) is 5.38. The van der Waals surface area contributed by atoms with Gasteiger partial charge in [-0.2, -0.15) is 0 Å². The molecule has 0 aromatic heterocycles. The van der Waals surface area contributed by atoms with Crippen molar-refractivity contribution in [1.82, 2.24) is 4.90 Å². The zero-order valence-electron chi connectivity index (χ0n) is 11.9. The topological polar surface area (TPSA) is 40.5 Å². The van der Waals surface area contributed by atoms with E-state index in [2.05, 4.69) is 39.5 Å². The molecular formula is C14H27NO2. The van der Waals surface area contributed by atoms with Crippen LogP contribution in [0.4, 0.5) is 0 Å². The number of nitrogens with zero attached hydrogens (tertiary/aromatic N) is 1. The van der Waals surface area contributed by atoms with Crippen molar-refractivity contribution in [2.24, 2.45) is 11.3 Å². The number of hydrogen-bond donors (Lipinski definition) is 1. The van der Waals surface area contributed by atoms with Gasteiger partial charge in [0.2, 0.25) is 0 Å². The van der Waals surface area contributed by atoms with Crippen LogP contribution in [0.2, 0.25) is 0 Å². The summed E-state index contributed by atoms with van der Waals surface area (Å²) in [5, 5.41) is 9.01. The summed E-state index contributed by atoms with van der Waals surface area (Å²) in [4.78, 5) is 13.1. The van der Waals surface area contributed by atoms with Gasteiger partial charge >= 0.3 is 5.97 Å². The van der Waals surface area contributed by atoms with Crippen LogP contribution in [0.1, 0.15) is 53.9 Å². The smallest absolute Gasteiger partial charge is 0.317 e. The molecule has 1 saturated carbocycles. The van der Waals surface area contributed by atoms with Gasteiger partial charge in [-0.15, -0.1) is 0 Å². The molecule has 0 radical (unpaired) electrons. The molecule has 0 saturated heterocycles. The van der Waals surface area contributed by atoms with Crippen molar-refractivity contribution >= 4 is 5.97 Å². The first-order valence-corrected chi connectivity index (χ1v) is 6.70. The van der Waals surface area contributed by atoms with Crippen LogP contribution in [0.25, 0.3) is 0 Å². The lowest BCUT2D eigenvalue weighted by molar-refractivity contribution is -0.140. The van der Waals surface area contributed by atoms with E-state index in [9.17, 15) is 4.79 Å². The molecule has 1 rings (SSSR count). The van der Waals surface area contributed by atoms with Gasteiger partial charge in [0, 0.05) is 12.1 Å². The molecule has 0 bridgehead atoms. The van der Waals surface area contributed by atoms with Crippen LogP contribution >= 0.6 is 0 Å². The summed E-state index contributed by atoms with van der Waals surface area (Å²) in [5.74, 6) is -0.128. The molecule has 0 amide bonds. The van der Waals surface area contributed by atoms with Crippen molar-refractivity contribution in [3.05, 3.63) is 0 Å². The molecule has 0 aromatic rings. The van der Waals surface area contributed by atoms with E-state index in [-0.39, 0.29) is 6.54 Å².